The zero-order valence-corrected chi connectivity index (χ0v) is 16.6. The lowest BCUT2D eigenvalue weighted by Gasteiger charge is -2.35. The van der Waals surface area contributed by atoms with Crippen LogP contribution in [-0.4, -0.2) is 21.4 Å². The number of ketones is 1. The fourth-order valence-corrected chi connectivity index (χ4v) is 2.94. The predicted octanol–water partition coefficient (Wildman–Crippen LogP) is 3.56. The van der Waals surface area contributed by atoms with Gasteiger partial charge in [-0.05, 0) is 69.3 Å². The number of rotatable bonds is 5. The smallest absolute Gasteiger partial charge is 0.192 e. The van der Waals surface area contributed by atoms with Crippen LogP contribution >= 0.6 is 22.6 Å². The average molecular weight is 440 g/mol. The molecule has 2 aromatic heterocycles. The van der Waals surface area contributed by atoms with Gasteiger partial charge < -0.3 is 9.30 Å². The minimum absolute atomic E-state index is 0.185. The summed E-state index contributed by atoms with van der Waals surface area (Å²) >= 11 is 2.15. The number of hydrogen-bond donors (Lipinski definition) is 0. The summed E-state index contributed by atoms with van der Waals surface area (Å²) in [6.07, 6.45) is 3.08. The maximum Gasteiger partial charge on any atom is 0.192 e. The molecular formula is C18H21IN2O3. The summed E-state index contributed by atoms with van der Waals surface area (Å²) in [7, 11) is 0. The van der Waals surface area contributed by atoms with Crippen LogP contribution in [-0.2, 0) is 5.54 Å². The van der Waals surface area contributed by atoms with Crippen molar-refractivity contribution in [3.8, 4) is 5.75 Å². The molecule has 0 N–H and O–H groups in total. The van der Waals surface area contributed by atoms with Crippen LogP contribution in [0, 0.1) is 10.6 Å². The van der Waals surface area contributed by atoms with E-state index in [0.717, 1.165) is 15.1 Å². The molecular weight excluding hydrogens is 419 g/mol. The molecule has 0 bridgehead atoms. The Morgan fingerprint density at radius 2 is 2.00 bits per heavy atom. The van der Waals surface area contributed by atoms with E-state index in [1.54, 1.807) is 12.4 Å². The molecule has 0 spiro atoms. The summed E-state index contributed by atoms with van der Waals surface area (Å²) in [6.45, 7) is 9.29. The number of aromatic nitrogens is 2. The molecule has 0 aliphatic carbocycles. The Bertz CT molecular complexity index is 827. The van der Waals surface area contributed by atoms with E-state index in [1.165, 1.54) is 13.0 Å². The highest BCUT2D eigenvalue weighted by atomic mass is 127. The maximum absolute atomic E-state index is 11.8. The van der Waals surface area contributed by atoms with Crippen molar-refractivity contribution in [1.82, 2.24) is 9.55 Å². The normalized spacial score (nSPS) is 12.8. The SMILES string of the molecule is CC(=O)c1cn(C(C)(C)C(C)Oc2ccc(C)nc2I)ccc1=O. The fourth-order valence-electron chi connectivity index (χ4n) is 2.25. The summed E-state index contributed by atoms with van der Waals surface area (Å²) in [5.74, 6) is 0.477. The summed E-state index contributed by atoms with van der Waals surface area (Å²) < 4.78 is 8.75. The van der Waals surface area contributed by atoms with Crippen LogP contribution in [0.25, 0.3) is 0 Å². The lowest BCUT2D eigenvalue weighted by atomic mass is 9.97. The Labute approximate surface area is 155 Å². The van der Waals surface area contributed by atoms with Crippen LogP contribution in [0.4, 0.5) is 0 Å². The Balaban J connectivity index is 2.33. The molecule has 0 radical (unpaired) electrons. The van der Waals surface area contributed by atoms with Gasteiger partial charge >= 0.3 is 0 Å². The van der Waals surface area contributed by atoms with Crippen molar-refractivity contribution in [3.63, 3.8) is 0 Å². The maximum atomic E-state index is 11.8. The minimum atomic E-state index is -0.466. The van der Waals surface area contributed by atoms with Crippen LogP contribution in [0.3, 0.4) is 0 Å². The van der Waals surface area contributed by atoms with Crippen LogP contribution < -0.4 is 10.2 Å². The van der Waals surface area contributed by atoms with Gasteiger partial charge in [0.15, 0.2) is 17.0 Å². The van der Waals surface area contributed by atoms with Crippen molar-refractivity contribution in [2.24, 2.45) is 0 Å². The predicted molar refractivity (Wildman–Crippen MR) is 102 cm³/mol. The van der Waals surface area contributed by atoms with Crippen molar-refractivity contribution in [2.45, 2.75) is 46.3 Å². The average Bonchev–Trinajstić information content (AvgIpc) is 2.49. The first-order valence-electron chi connectivity index (χ1n) is 7.66. The third-order valence-electron chi connectivity index (χ3n) is 4.22. The molecule has 0 saturated carbocycles. The molecule has 128 valence electrons. The summed E-state index contributed by atoms with van der Waals surface area (Å²) in [6, 6.07) is 5.23. The number of ether oxygens (including phenoxy) is 1. The number of carbonyl (C=O) groups is 1. The number of aryl methyl sites for hydroxylation is 1. The summed E-state index contributed by atoms with van der Waals surface area (Å²) in [4.78, 5) is 27.8. The van der Waals surface area contributed by atoms with Crippen molar-refractivity contribution < 1.29 is 9.53 Å². The van der Waals surface area contributed by atoms with E-state index >= 15 is 0 Å². The highest BCUT2D eigenvalue weighted by Crippen LogP contribution is 2.27. The van der Waals surface area contributed by atoms with E-state index in [0.29, 0.717) is 0 Å². The van der Waals surface area contributed by atoms with E-state index < -0.39 is 5.54 Å². The van der Waals surface area contributed by atoms with E-state index in [-0.39, 0.29) is 22.9 Å². The molecule has 2 heterocycles. The highest BCUT2D eigenvalue weighted by molar-refractivity contribution is 14.1. The van der Waals surface area contributed by atoms with Gasteiger partial charge in [-0.1, -0.05) is 0 Å². The minimum Gasteiger partial charge on any atom is -0.486 e. The monoisotopic (exact) mass is 440 g/mol. The van der Waals surface area contributed by atoms with Crippen LogP contribution in [0.2, 0.25) is 0 Å². The van der Waals surface area contributed by atoms with Crippen LogP contribution in [0.5, 0.6) is 5.75 Å². The standard InChI is InChI=1S/C18H21IN2O3/c1-11-6-7-16(17(19)20-11)24-13(3)18(4,5)21-9-8-15(23)14(10-21)12(2)22/h6-10,13H,1-5H3. The molecule has 2 aromatic rings. The Kier molecular flexibility index (Phi) is 5.47. The van der Waals surface area contributed by atoms with Gasteiger partial charge in [-0.25, -0.2) is 4.98 Å². The fraction of sp³-hybridized carbons (Fsp3) is 0.389. The van der Waals surface area contributed by atoms with E-state index in [4.69, 9.17) is 4.74 Å². The van der Waals surface area contributed by atoms with Gasteiger partial charge in [0.1, 0.15) is 9.80 Å². The van der Waals surface area contributed by atoms with Crippen LogP contribution in [0.1, 0.15) is 43.7 Å². The van der Waals surface area contributed by atoms with E-state index in [2.05, 4.69) is 27.6 Å². The van der Waals surface area contributed by atoms with Crippen LogP contribution in [0.15, 0.2) is 35.4 Å². The molecule has 2 rings (SSSR count). The van der Waals surface area contributed by atoms with Gasteiger partial charge in [0.2, 0.25) is 0 Å². The second-order valence-corrected chi connectivity index (χ2v) is 7.36. The van der Waals surface area contributed by atoms with Gasteiger partial charge in [-0.3, -0.25) is 9.59 Å². The highest BCUT2D eigenvalue weighted by Gasteiger charge is 2.30. The molecule has 0 amide bonds. The number of halogens is 1. The third kappa shape index (κ3) is 3.85. The van der Waals surface area contributed by atoms with Crippen molar-refractivity contribution in [1.29, 1.82) is 0 Å². The number of carbonyl (C=O) groups excluding carboxylic acids is 1. The molecule has 0 fully saturated rings. The largest absolute Gasteiger partial charge is 0.486 e. The number of Topliss-reactive ketones (excluding diaryl/α,β-unsaturated/α-hetero) is 1. The summed E-state index contributed by atoms with van der Waals surface area (Å²) in [5, 5.41) is 0. The quantitative estimate of drug-likeness (QED) is 0.405. The van der Waals surface area contributed by atoms with Crippen molar-refractivity contribution in [2.75, 3.05) is 0 Å². The first-order chi connectivity index (χ1) is 11.1. The molecule has 1 atom stereocenters. The second-order valence-electron chi connectivity index (χ2n) is 6.34. The van der Waals surface area contributed by atoms with Gasteiger partial charge in [-0.2, -0.15) is 0 Å². The molecule has 0 aromatic carbocycles. The molecule has 0 saturated heterocycles. The first kappa shape index (κ1) is 18.6. The molecule has 24 heavy (non-hydrogen) atoms. The second kappa shape index (κ2) is 7.04. The van der Waals surface area contributed by atoms with Gasteiger partial charge in [0, 0.05) is 24.2 Å². The van der Waals surface area contributed by atoms with Gasteiger partial charge in [-0.15, -0.1) is 0 Å². The molecule has 1 unspecified atom stereocenters. The zero-order valence-electron chi connectivity index (χ0n) is 14.5. The topological polar surface area (TPSA) is 61.2 Å². The molecule has 0 aliphatic rings. The zero-order chi connectivity index (χ0) is 18.1. The van der Waals surface area contributed by atoms with E-state index in [1.807, 2.05) is 44.4 Å². The number of pyridine rings is 2. The number of hydrogen-bond acceptors (Lipinski definition) is 4. The lowest BCUT2D eigenvalue weighted by molar-refractivity contribution is 0.0923. The molecule has 0 aliphatic heterocycles. The van der Waals surface area contributed by atoms with Gasteiger partial charge in [0.05, 0.1) is 11.1 Å². The van der Waals surface area contributed by atoms with Gasteiger partial charge in [0.25, 0.3) is 0 Å². The van der Waals surface area contributed by atoms with Crippen molar-refractivity contribution in [3.05, 3.63) is 55.8 Å². The Morgan fingerprint density at radius 1 is 1.33 bits per heavy atom. The molecule has 6 heteroatoms. The van der Waals surface area contributed by atoms with Crippen molar-refractivity contribution >= 4 is 28.4 Å². The lowest BCUT2D eigenvalue weighted by Crippen LogP contribution is -2.42. The Morgan fingerprint density at radius 3 is 2.58 bits per heavy atom. The third-order valence-corrected chi connectivity index (χ3v) is 4.99. The van der Waals surface area contributed by atoms with E-state index in [9.17, 15) is 9.59 Å². The number of nitrogens with zero attached hydrogens (tertiary/aromatic N) is 2. The summed E-state index contributed by atoms with van der Waals surface area (Å²) in [5.41, 5.74) is 0.390. The first-order valence-corrected chi connectivity index (χ1v) is 8.74. The molecule has 5 nitrogen and oxygen atoms in total. The Hall–Kier alpha value is -1.70.